The zero-order valence-corrected chi connectivity index (χ0v) is 15.7. The molecule has 1 rings (SSSR count). The third-order valence-corrected chi connectivity index (χ3v) is 5.08. The van der Waals surface area contributed by atoms with Crippen molar-refractivity contribution in [1.29, 1.82) is 0 Å². The number of benzene rings is 1. The Labute approximate surface area is 148 Å². The van der Waals surface area contributed by atoms with Crippen molar-refractivity contribution in [2.45, 2.75) is 39.7 Å². The molecule has 0 saturated carbocycles. The lowest BCUT2D eigenvalue weighted by Gasteiger charge is -2.22. The summed E-state index contributed by atoms with van der Waals surface area (Å²) in [6.07, 6.45) is 1.52. The molecule has 140 valence electrons. The summed E-state index contributed by atoms with van der Waals surface area (Å²) < 4.78 is 25.1. The number of sulfonamides is 1. The summed E-state index contributed by atoms with van der Waals surface area (Å²) in [7, 11) is -3.62. The Morgan fingerprint density at radius 3 is 2.48 bits per heavy atom. The van der Waals surface area contributed by atoms with Gasteiger partial charge in [0.15, 0.2) is 0 Å². The summed E-state index contributed by atoms with van der Waals surface area (Å²) in [6, 6.07) is 5.47. The first kappa shape index (κ1) is 20.9. The number of anilines is 1. The Morgan fingerprint density at radius 1 is 1.32 bits per heavy atom. The zero-order valence-electron chi connectivity index (χ0n) is 14.9. The molecule has 9 heteroatoms. The van der Waals surface area contributed by atoms with Crippen molar-refractivity contribution in [3.63, 3.8) is 0 Å². The summed E-state index contributed by atoms with van der Waals surface area (Å²) in [4.78, 5) is 22.2. The molecule has 25 heavy (non-hydrogen) atoms. The Balaban J connectivity index is 2.78. The van der Waals surface area contributed by atoms with Gasteiger partial charge in [-0.1, -0.05) is 19.9 Å². The quantitative estimate of drug-likeness (QED) is 0.529. The van der Waals surface area contributed by atoms with Gasteiger partial charge in [-0.05, 0) is 25.3 Å². The third-order valence-electron chi connectivity index (χ3n) is 3.88. The third kappa shape index (κ3) is 6.69. The highest BCUT2D eigenvalue weighted by molar-refractivity contribution is 7.92. The highest BCUT2D eigenvalue weighted by Gasteiger charge is 2.20. The molecule has 1 aromatic carbocycles. The molecule has 8 nitrogen and oxygen atoms in total. The van der Waals surface area contributed by atoms with Gasteiger partial charge in [0, 0.05) is 31.1 Å². The van der Waals surface area contributed by atoms with Crippen LogP contribution in [0.1, 0.15) is 33.6 Å². The second-order valence-electron chi connectivity index (χ2n) is 6.32. The normalized spacial score (nSPS) is 12.7. The maximum absolute atomic E-state index is 12.0. The number of nitro benzene ring substituents is 1. The highest BCUT2D eigenvalue weighted by atomic mass is 32.2. The molecule has 0 aliphatic heterocycles. The zero-order chi connectivity index (χ0) is 19.2. The van der Waals surface area contributed by atoms with Crippen LogP contribution in [0.25, 0.3) is 0 Å². The van der Waals surface area contributed by atoms with Crippen LogP contribution in [-0.2, 0) is 14.8 Å². The second-order valence-corrected chi connectivity index (χ2v) is 8.22. The van der Waals surface area contributed by atoms with Crippen molar-refractivity contribution >= 4 is 27.3 Å². The molecule has 1 N–H and O–H groups in total. The Kier molecular flexibility index (Phi) is 7.35. The molecule has 0 fully saturated rings. The fourth-order valence-corrected chi connectivity index (χ4v) is 3.08. The standard InChI is InChI=1S/C16H25N3O5S/c1-12(2)13(3)17-16(20)9-6-10-18(25(4,23)24)14-7-5-8-15(11-14)19(21)22/h5,7-8,11-13H,6,9-10H2,1-4H3,(H,17,20). The summed E-state index contributed by atoms with van der Waals surface area (Å²) in [6.45, 7) is 5.98. The molecule has 0 aliphatic rings. The van der Waals surface area contributed by atoms with Gasteiger partial charge in [0.2, 0.25) is 15.9 Å². The fourth-order valence-electron chi connectivity index (χ4n) is 2.12. The number of carbonyl (C=O) groups is 1. The van der Waals surface area contributed by atoms with Gasteiger partial charge in [0.1, 0.15) is 0 Å². The average molecular weight is 371 g/mol. The summed E-state index contributed by atoms with van der Waals surface area (Å²) in [5.41, 5.74) is 0.0299. The van der Waals surface area contributed by atoms with Gasteiger partial charge >= 0.3 is 0 Å². The molecular weight excluding hydrogens is 346 g/mol. The van der Waals surface area contributed by atoms with Crippen LogP contribution in [0.3, 0.4) is 0 Å². The largest absolute Gasteiger partial charge is 0.353 e. The molecule has 0 aromatic heterocycles. The molecular formula is C16H25N3O5S. The number of nitro groups is 1. The number of nitrogens with one attached hydrogen (secondary N) is 1. The van der Waals surface area contributed by atoms with E-state index < -0.39 is 14.9 Å². The lowest BCUT2D eigenvalue weighted by molar-refractivity contribution is -0.384. The van der Waals surface area contributed by atoms with Crippen molar-refractivity contribution in [3.05, 3.63) is 34.4 Å². The first-order valence-electron chi connectivity index (χ1n) is 8.04. The number of hydrogen-bond donors (Lipinski definition) is 1. The van der Waals surface area contributed by atoms with E-state index in [-0.39, 0.29) is 36.3 Å². The second kappa shape index (κ2) is 8.80. The van der Waals surface area contributed by atoms with E-state index in [1.54, 1.807) is 0 Å². The van der Waals surface area contributed by atoms with Crippen LogP contribution in [0.15, 0.2) is 24.3 Å². The van der Waals surface area contributed by atoms with E-state index in [0.717, 1.165) is 10.6 Å². The van der Waals surface area contributed by atoms with Crippen molar-refractivity contribution in [2.24, 2.45) is 5.92 Å². The predicted octanol–water partition coefficient (Wildman–Crippen LogP) is 2.30. The topological polar surface area (TPSA) is 110 Å². The Bertz CT molecular complexity index is 718. The Hall–Kier alpha value is -2.16. The van der Waals surface area contributed by atoms with Crippen molar-refractivity contribution in [3.8, 4) is 0 Å². The van der Waals surface area contributed by atoms with E-state index in [1.807, 2.05) is 20.8 Å². The summed E-state index contributed by atoms with van der Waals surface area (Å²) in [5, 5.41) is 13.7. The number of carbonyl (C=O) groups excluding carboxylic acids is 1. The number of rotatable bonds is 9. The minimum absolute atomic E-state index is 0.0373. The van der Waals surface area contributed by atoms with Gasteiger partial charge in [-0.25, -0.2) is 8.42 Å². The maximum Gasteiger partial charge on any atom is 0.271 e. The van der Waals surface area contributed by atoms with E-state index in [2.05, 4.69) is 5.32 Å². The molecule has 1 unspecified atom stereocenters. The lowest BCUT2D eigenvalue weighted by atomic mass is 10.1. The van der Waals surface area contributed by atoms with E-state index in [9.17, 15) is 23.3 Å². The van der Waals surface area contributed by atoms with E-state index >= 15 is 0 Å². The SMILES string of the molecule is CC(C)C(C)NC(=O)CCCN(c1cccc([N+](=O)[O-])c1)S(C)(=O)=O. The molecule has 1 atom stereocenters. The number of amides is 1. The van der Waals surface area contributed by atoms with Crippen LogP contribution >= 0.6 is 0 Å². The van der Waals surface area contributed by atoms with Gasteiger partial charge < -0.3 is 5.32 Å². The van der Waals surface area contributed by atoms with Crippen LogP contribution in [0, 0.1) is 16.0 Å². The number of non-ortho nitro benzene ring substituents is 1. The van der Waals surface area contributed by atoms with Crippen molar-refractivity contribution < 1.29 is 18.1 Å². The van der Waals surface area contributed by atoms with Gasteiger partial charge in [0.25, 0.3) is 5.69 Å². The minimum Gasteiger partial charge on any atom is -0.353 e. The molecule has 0 bridgehead atoms. The van der Waals surface area contributed by atoms with Crippen LogP contribution in [0.5, 0.6) is 0 Å². The molecule has 0 heterocycles. The van der Waals surface area contributed by atoms with E-state index in [0.29, 0.717) is 12.3 Å². The maximum atomic E-state index is 12.0. The number of nitrogens with zero attached hydrogens (tertiary/aromatic N) is 2. The first-order chi connectivity index (χ1) is 11.5. The summed E-state index contributed by atoms with van der Waals surface area (Å²) in [5.74, 6) is 0.162. The van der Waals surface area contributed by atoms with Gasteiger partial charge in [-0.3, -0.25) is 19.2 Å². The molecule has 0 radical (unpaired) electrons. The smallest absolute Gasteiger partial charge is 0.271 e. The van der Waals surface area contributed by atoms with Gasteiger partial charge in [-0.15, -0.1) is 0 Å². The average Bonchev–Trinajstić information content (AvgIpc) is 2.50. The molecule has 1 aromatic rings. The number of hydrogen-bond acceptors (Lipinski definition) is 5. The van der Waals surface area contributed by atoms with Crippen molar-refractivity contribution in [2.75, 3.05) is 17.1 Å². The van der Waals surface area contributed by atoms with E-state index in [1.165, 1.54) is 24.3 Å². The first-order valence-corrected chi connectivity index (χ1v) is 9.88. The summed E-state index contributed by atoms with van der Waals surface area (Å²) >= 11 is 0. The fraction of sp³-hybridized carbons (Fsp3) is 0.562. The van der Waals surface area contributed by atoms with E-state index in [4.69, 9.17) is 0 Å². The van der Waals surface area contributed by atoms with Crippen LogP contribution in [0.2, 0.25) is 0 Å². The highest BCUT2D eigenvalue weighted by Crippen LogP contribution is 2.23. The van der Waals surface area contributed by atoms with Crippen LogP contribution in [0.4, 0.5) is 11.4 Å². The predicted molar refractivity (Wildman–Crippen MR) is 97.0 cm³/mol. The minimum atomic E-state index is -3.62. The molecule has 0 aliphatic carbocycles. The van der Waals surface area contributed by atoms with Crippen molar-refractivity contribution in [1.82, 2.24) is 5.32 Å². The monoisotopic (exact) mass is 371 g/mol. The van der Waals surface area contributed by atoms with Gasteiger partial charge in [0.05, 0.1) is 16.9 Å². The van der Waals surface area contributed by atoms with Crippen LogP contribution in [-0.4, -0.2) is 38.1 Å². The Morgan fingerprint density at radius 2 is 1.96 bits per heavy atom. The molecule has 0 spiro atoms. The lowest BCUT2D eigenvalue weighted by Crippen LogP contribution is -2.37. The molecule has 0 saturated heterocycles. The van der Waals surface area contributed by atoms with Crippen LogP contribution < -0.4 is 9.62 Å². The molecule has 1 amide bonds. The van der Waals surface area contributed by atoms with Gasteiger partial charge in [-0.2, -0.15) is 0 Å².